The van der Waals surface area contributed by atoms with Crippen LogP contribution in [0.2, 0.25) is 0 Å². The summed E-state index contributed by atoms with van der Waals surface area (Å²) in [4.78, 5) is 4.31. The van der Waals surface area contributed by atoms with Gasteiger partial charge in [0.2, 0.25) is 0 Å². The van der Waals surface area contributed by atoms with Gasteiger partial charge in [0.1, 0.15) is 0 Å². The van der Waals surface area contributed by atoms with Crippen molar-refractivity contribution in [2.75, 3.05) is 0 Å². The first-order valence-corrected chi connectivity index (χ1v) is 17.1. The zero-order valence-electron chi connectivity index (χ0n) is 27.1. The standard InChI is InChI=1S/C47H29N3/c1-2-14-36-34(12-1)35-13-3-4-15-37(35)41-27-31(20-21-38(36)41)30-10-9-11-33(26-30)50-45-19-8-6-17-40(45)43-28-42-39-16-5-7-18-44(39)49(46(42)29-47(43)50)32-22-24-48-25-23-32/h1-29H. The van der Waals surface area contributed by atoms with Crippen LogP contribution in [0.5, 0.6) is 0 Å². The molecule has 3 nitrogen and oxygen atoms in total. The highest BCUT2D eigenvalue weighted by atomic mass is 15.0. The molecule has 232 valence electrons. The summed E-state index contributed by atoms with van der Waals surface area (Å²) in [5, 5.41) is 12.7. The Bertz CT molecular complexity index is 3110. The zero-order valence-corrected chi connectivity index (χ0v) is 27.1. The molecule has 0 aliphatic carbocycles. The molecule has 0 saturated heterocycles. The molecule has 0 aliphatic heterocycles. The Morgan fingerprint density at radius 2 is 0.780 bits per heavy atom. The fourth-order valence-electron chi connectivity index (χ4n) is 8.39. The summed E-state index contributed by atoms with van der Waals surface area (Å²) in [5.41, 5.74) is 9.40. The van der Waals surface area contributed by atoms with E-state index >= 15 is 0 Å². The second kappa shape index (κ2) is 10.4. The fourth-order valence-corrected chi connectivity index (χ4v) is 8.39. The minimum Gasteiger partial charge on any atom is -0.309 e. The molecule has 0 saturated carbocycles. The molecule has 0 amide bonds. The van der Waals surface area contributed by atoms with Gasteiger partial charge in [0.15, 0.2) is 0 Å². The van der Waals surface area contributed by atoms with Gasteiger partial charge in [-0.3, -0.25) is 4.98 Å². The number of hydrogen-bond acceptors (Lipinski definition) is 1. The average Bonchev–Trinajstić information content (AvgIpc) is 3.69. The van der Waals surface area contributed by atoms with E-state index in [9.17, 15) is 0 Å². The molecular formula is C47H29N3. The third-order valence-electron chi connectivity index (χ3n) is 10.6. The van der Waals surface area contributed by atoms with Crippen molar-refractivity contribution in [2.24, 2.45) is 0 Å². The molecule has 0 atom stereocenters. The maximum atomic E-state index is 4.31. The van der Waals surface area contributed by atoms with Gasteiger partial charge in [0.25, 0.3) is 0 Å². The molecule has 0 radical (unpaired) electrons. The van der Waals surface area contributed by atoms with Crippen LogP contribution in [0.3, 0.4) is 0 Å². The van der Waals surface area contributed by atoms with Crippen LogP contribution in [0.15, 0.2) is 176 Å². The van der Waals surface area contributed by atoms with Crippen LogP contribution in [-0.2, 0) is 0 Å². The molecular weight excluding hydrogens is 607 g/mol. The molecule has 0 spiro atoms. The Labute approximate surface area is 287 Å². The Hall–Kier alpha value is -6.71. The highest BCUT2D eigenvalue weighted by Gasteiger charge is 2.19. The van der Waals surface area contributed by atoms with Crippen LogP contribution < -0.4 is 0 Å². The van der Waals surface area contributed by atoms with E-state index in [4.69, 9.17) is 0 Å². The number of pyridine rings is 1. The number of nitrogens with zero attached hydrogens (tertiary/aromatic N) is 3. The van der Waals surface area contributed by atoms with Gasteiger partial charge in [-0.2, -0.15) is 0 Å². The lowest BCUT2D eigenvalue weighted by atomic mass is 9.92. The maximum absolute atomic E-state index is 4.31. The van der Waals surface area contributed by atoms with Crippen molar-refractivity contribution in [3.63, 3.8) is 0 Å². The monoisotopic (exact) mass is 635 g/mol. The summed E-state index contributed by atoms with van der Waals surface area (Å²) in [6.07, 6.45) is 3.74. The van der Waals surface area contributed by atoms with Crippen LogP contribution in [0.1, 0.15) is 0 Å². The first-order chi connectivity index (χ1) is 24.8. The quantitative estimate of drug-likeness (QED) is 0.177. The number of benzene rings is 8. The predicted octanol–water partition coefficient (Wildman–Crippen LogP) is 12.4. The second-order valence-corrected chi connectivity index (χ2v) is 13.2. The van der Waals surface area contributed by atoms with Gasteiger partial charge in [-0.15, -0.1) is 0 Å². The molecule has 0 N–H and O–H groups in total. The first kappa shape index (κ1) is 27.3. The Balaban J connectivity index is 1.17. The van der Waals surface area contributed by atoms with Crippen molar-refractivity contribution < 1.29 is 0 Å². The van der Waals surface area contributed by atoms with E-state index in [1.54, 1.807) is 0 Å². The lowest BCUT2D eigenvalue weighted by Crippen LogP contribution is -1.96. The Kier molecular flexibility index (Phi) is 5.67. The summed E-state index contributed by atoms with van der Waals surface area (Å²) >= 11 is 0. The van der Waals surface area contributed by atoms with E-state index in [2.05, 4.69) is 178 Å². The fraction of sp³-hybridized carbons (Fsp3) is 0. The summed E-state index contributed by atoms with van der Waals surface area (Å²) < 4.78 is 4.80. The SMILES string of the molecule is c1cc(-c2ccc3c4ccccc4c4ccccc4c3c2)cc(-n2c3ccccc3c3cc4c5ccccc5n(-c5ccncc5)c4cc32)c1. The highest BCUT2D eigenvalue weighted by molar-refractivity contribution is 6.26. The zero-order chi connectivity index (χ0) is 32.8. The molecule has 3 aromatic heterocycles. The van der Waals surface area contributed by atoms with Crippen LogP contribution in [0.4, 0.5) is 0 Å². The number of fused-ring (bicyclic) bond motifs is 12. The minimum absolute atomic E-state index is 1.10. The van der Waals surface area contributed by atoms with Gasteiger partial charge in [-0.1, -0.05) is 109 Å². The summed E-state index contributed by atoms with van der Waals surface area (Å²) in [7, 11) is 0. The number of hydrogen-bond donors (Lipinski definition) is 0. The third kappa shape index (κ3) is 3.83. The van der Waals surface area contributed by atoms with Gasteiger partial charge in [-0.05, 0) is 98.0 Å². The largest absolute Gasteiger partial charge is 0.309 e. The second-order valence-electron chi connectivity index (χ2n) is 13.2. The van der Waals surface area contributed by atoms with Crippen molar-refractivity contribution in [1.29, 1.82) is 0 Å². The van der Waals surface area contributed by atoms with Crippen molar-refractivity contribution in [3.05, 3.63) is 176 Å². The average molecular weight is 636 g/mol. The maximum Gasteiger partial charge on any atom is 0.0562 e. The van der Waals surface area contributed by atoms with Crippen molar-refractivity contribution in [2.45, 2.75) is 0 Å². The van der Waals surface area contributed by atoms with Gasteiger partial charge in [0.05, 0.1) is 22.1 Å². The van der Waals surface area contributed by atoms with E-state index in [0.717, 1.165) is 11.4 Å². The van der Waals surface area contributed by atoms with E-state index in [1.807, 2.05) is 12.4 Å². The normalized spacial score (nSPS) is 12.0. The van der Waals surface area contributed by atoms with Crippen LogP contribution in [0, 0.1) is 0 Å². The van der Waals surface area contributed by atoms with E-state index in [1.165, 1.54) is 87.1 Å². The molecule has 0 fully saturated rings. The van der Waals surface area contributed by atoms with E-state index in [0.29, 0.717) is 0 Å². The molecule has 11 aromatic rings. The molecule has 50 heavy (non-hydrogen) atoms. The van der Waals surface area contributed by atoms with E-state index < -0.39 is 0 Å². The first-order valence-electron chi connectivity index (χ1n) is 17.1. The topological polar surface area (TPSA) is 22.8 Å². The highest BCUT2D eigenvalue weighted by Crippen LogP contribution is 2.41. The van der Waals surface area contributed by atoms with Crippen LogP contribution in [0.25, 0.3) is 98.4 Å². The summed E-state index contributed by atoms with van der Waals surface area (Å²) in [6, 6.07) is 60.0. The summed E-state index contributed by atoms with van der Waals surface area (Å²) in [6.45, 7) is 0. The Morgan fingerprint density at radius 3 is 1.40 bits per heavy atom. The third-order valence-corrected chi connectivity index (χ3v) is 10.6. The predicted molar refractivity (Wildman–Crippen MR) is 211 cm³/mol. The van der Waals surface area contributed by atoms with Crippen molar-refractivity contribution in [3.8, 4) is 22.5 Å². The molecule has 11 rings (SSSR count). The molecule has 0 bridgehead atoms. The van der Waals surface area contributed by atoms with Crippen molar-refractivity contribution in [1.82, 2.24) is 14.1 Å². The van der Waals surface area contributed by atoms with Gasteiger partial charge in [-0.25, -0.2) is 0 Å². The van der Waals surface area contributed by atoms with Crippen molar-refractivity contribution >= 4 is 75.9 Å². The number of rotatable bonds is 3. The number of para-hydroxylation sites is 2. The van der Waals surface area contributed by atoms with Crippen LogP contribution in [-0.4, -0.2) is 14.1 Å². The summed E-state index contributed by atoms with van der Waals surface area (Å²) in [5.74, 6) is 0. The lowest BCUT2D eigenvalue weighted by Gasteiger charge is -2.13. The molecule has 0 unspecified atom stereocenters. The van der Waals surface area contributed by atoms with Gasteiger partial charge in [0, 0.05) is 45.3 Å². The Morgan fingerprint density at radius 1 is 0.280 bits per heavy atom. The van der Waals surface area contributed by atoms with Crippen LogP contribution >= 0.6 is 0 Å². The number of aromatic nitrogens is 3. The smallest absolute Gasteiger partial charge is 0.0562 e. The molecule has 3 heteroatoms. The van der Waals surface area contributed by atoms with E-state index in [-0.39, 0.29) is 0 Å². The minimum atomic E-state index is 1.10. The lowest BCUT2D eigenvalue weighted by molar-refractivity contribution is 1.15. The van der Waals surface area contributed by atoms with Gasteiger partial charge < -0.3 is 9.13 Å². The van der Waals surface area contributed by atoms with Gasteiger partial charge >= 0.3 is 0 Å². The molecule has 3 heterocycles. The molecule has 0 aliphatic rings. The molecule has 8 aromatic carbocycles.